The summed E-state index contributed by atoms with van der Waals surface area (Å²) in [6.45, 7) is 9.38. The summed E-state index contributed by atoms with van der Waals surface area (Å²) in [6.07, 6.45) is 42.8. The van der Waals surface area contributed by atoms with Gasteiger partial charge in [0.05, 0.1) is 12.0 Å². The van der Waals surface area contributed by atoms with Crippen molar-refractivity contribution >= 4 is 0 Å². The minimum absolute atomic E-state index is 0.621. The van der Waals surface area contributed by atoms with Crippen molar-refractivity contribution in [1.82, 2.24) is 4.98 Å². The van der Waals surface area contributed by atoms with E-state index >= 15 is 0 Å². The van der Waals surface area contributed by atoms with Crippen LogP contribution in [0.25, 0.3) is 0 Å². The molecular formula is C36H71N2+. The van der Waals surface area contributed by atoms with Crippen LogP contribution in [0, 0.1) is 0 Å². The SMILES string of the molecule is CCCCCCCCCCCCCC(CCCCCCCCCCC)c1[nH]cc[n+]1C(C)CCCCCC. The highest BCUT2D eigenvalue weighted by atomic mass is 15.1. The zero-order valence-electron chi connectivity index (χ0n) is 26.8. The van der Waals surface area contributed by atoms with Crippen molar-refractivity contribution in [1.29, 1.82) is 0 Å². The number of aromatic amines is 1. The van der Waals surface area contributed by atoms with Crippen LogP contribution in [0.1, 0.15) is 219 Å². The highest BCUT2D eigenvalue weighted by Crippen LogP contribution is 2.27. The van der Waals surface area contributed by atoms with Crippen LogP contribution in [0.4, 0.5) is 0 Å². The molecule has 0 aliphatic heterocycles. The maximum Gasteiger partial charge on any atom is 0.257 e. The van der Waals surface area contributed by atoms with E-state index in [1.165, 1.54) is 179 Å². The molecule has 0 saturated carbocycles. The molecule has 0 aromatic carbocycles. The van der Waals surface area contributed by atoms with E-state index in [0.717, 1.165) is 0 Å². The molecule has 1 heterocycles. The molecule has 2 heteroatoms. The smallest absolute Gasteiger partial charge is 0.247 e. The van der Waals surface area contributed by atoms with Crippen LogP contribution in [-0.2, 0) is 0 Å². The van der Waals surface area contributed by atoms with Crippen molar-refractivity contribution < 1.29 is 4.57 Å². The van der Waals surface area contributed by atoms with Gasteiger partial charge >= 0.3 is 0 Å². The van der Waals surface area contributed by atoms with Crippen LogP contribution in [-0.4, -0.2) is 4.98 Å². The lowest BCUT2D eigenvalue weighted by atomic mass is 9.92. The maximum absolute atomic E-state index is 3.72. The van der Waals surface area contributed by atoms with Crippen LogP contribution in [0.3, 0.4) is 0 Å². The van der Waals surface area contributed by atoms with E-state index in [0.29, 0.717) is 12.0 Å². The van der Waals surface area contributed by atoms with Crippen LogP contribution < -0.4 is 4.57 Å². The summed E-state index contributed by atoms with van der Waals surface area (Å²) in [7, 11) is 0. The topological polar surface area (TPSA) is 19.7 Å². The zero-order chi connectivity index (χ0) is 27.5. The first-order valence-corrected chi connectivity index (χ1v) is 17.8. The first-order valence-electron chi connectivity index (χ1n) is 17.8. The number of hydrogen-bond donors (Lipinski definition) is 1. The second kappa shape index (κ2) is 26.4. The largest absolute Gasteiger partial charge is 0.257 e. The Hall–Kier alpha value is -0.790. The number of nitrogens with one attached hydrogen (secondary N) is 1. The molecule has 0 bridgehead atoms. The Kier molecular flexibility index (Phi) is 24.5. The van der Waals surface area contributed by atoms with E-state index in [1.54, 1.807) is 0 Å². The van der Waals surface area contributed by atoms with E-state index in [2.05, 4.69) is 49.6 Å². The molecule has 1 N–H and O–H groups in total. The fourth-order valence-corrected chi connectivity index (χ4v) is 6.25. The average molecular weight is 532 g/mol. The molecule has 1 rings (SSSR count). The molecule has 2 atom stereocenters. The van der Waals surface area contributed by atoms with Crippen LogP contribution in [0.5, 0.6) is 0 Å². The highest BCUT2D eigenvalue weighted by Gasteiger charge is 2.25. The van der Waals surface area contributed by atoms with Crippen molar-refractivity contribution in [2.45, 2.75) is 213 Å². The zero-order valence-corrected chi connectivity index (χ0v) is 26.8. The Labute approximate surface area is 240 Å². The minimum Gasteiger partial charge on any atom is -0.247 e. The predicted molar refractivity (Wildman–Crippen MR) is 170 cm³/mol. The molecule has 0 saturated heterocycles. The van der Waals surface area contributed by atoms with Gasteiger partial charge < -0.3 is 0 Å². The van der Waals surface area contributed by atoms with Gasteiger partial charge in [0.2, 0.25) is 0 Å². The van der Waals surface area contributed by atoms with Gasteiger partial charge in [-0.2, -0.15) is 0 Å². The average Bonchev–Trinajstić information content (AvgIpc) is 3.42. The van der Waals surface area contributed by atoms with Crippen LogP contribution in [0.15, 0.2) is 12.4 Å². The number of H-pyrrole nitrogens is 1. The summed E-state index contributed by atoms with van der Waals surface area (Å²) in [5.41, 5.74) is 0. The van der Waals surface area contributed by atoms with Crippen molar-refractivity contribution in [3.05, 3.63) is 18.2 Å². The van der Waals surface area contributed by atoms with Gasteiger partial charge in [-0.15, -0.1) is 0 Å². The Bertz CT molecular complexity index is 592. The fraction of sp³-hybridized carbons (Fsp3) is 0.917. The Balaban J connectivity index is 2.43. The second-order valence-corrected chi connectivity index (χ2v) is 12.6. The van der Waals surface area contributed by atoms with Gasteiger partial charge in [-0.3, -0.25) is 0 Å². The van der Waals surface area contributed by atoms with Gasteiger partial charge in [-0.1, -0.05) is 168 Å². The Morgan fingerprint density at radius 2 is 0.842 bits per heavy atom. The fourth-order valence-electron chi connectivity index (χ4n) is 6.25. The van der Waals surface area contributed by atoms with E-state index in [-0.39, 0.29) is 0 Å². The second-order valence-electron chi connectivity index (χ2n) is 12.6. The quantitative estimate of drug-likeness (QED) is 0.0783. The highest BCUT2D eigenvalue weighted by molar-refractivity contribution is 4.90. The van der Waals surface area contributed by atoms with Crippen molar-refractivity contribution in [3.8, 4) is 0 Å². The lowest BCUT2D eigenvalue weighted by Crippen LogP contribution is -2.41. The third-order valence-electron chi connectivity index (χ3n) is 8.89. The molecule has 0 spiro atoms. The molecule has 0 aliphatic rings. The summed E-state index contributed by atoms with van der Waals surface area (Å²) < 4.78 is 2.61. The Morgan fingerprint density at radius 3 is 1.26 bits per heavy atom. The monoisotopic (exact) mass is 532 g/mol. The van der Waals surface area contributed by atoms with Gasteiger partial charge in [0.25, 0.3) is 5.82 Å². The summed E-state index contributed by atoms with van der Waals surface area (Å²) >= 11 is 0. The molecule has 0 amide bonds. The van der Waals surface area contributed by atoms with E-state index in [4.69, 9.17) is 0 Å². The standard InChI is InChI=1S/C36H70N2/c1-5-8-11-14-16-18-19-21-23-25-28-31-35(30-27-24-22-20-17-15-12-9-6-2)36-37-32-33-38(36)34(4)29-26-13-10-7-3/h32-35H,5-31H2,1-4H3/p+1. The van der Waals surface area contributed by atoms with Crippen LogP contribution >= 0.6 is 0 Å². The summed E-state index contributed by atoms with van der Waals surface area (Å²) in [6, 6.07) is 0.621. The molecule has 0 radical (unpaired) electrons. The number of nitrogens with zero attached hydrogens (tertiary/aromatic N) is 1. The third-order valence-corrected chi connectivity index (χ3v) is 8.89. The van der Waals surface area contributed by atoms with Crippen molar-refractivity contribution in [2.75, 3.05) is 0 Å². The molecule has 38 heavy (non-hydrogen) atoms. The van der Waals surface area contributed by atoms with Gasteiger partial charge in [0, 0.05) is 0 Å². The molecule has 0 fully saturated rings. The minimum atomic E-state index is 0.621. The normalized spacial score (nSPS) is 13.3. The molecule has 2 unspecified atom stereocenters. The number of aromatic nitrogens is 2. The third kappa shape index (κ3) is 18.5. The van der Waals surface area contributed by atoms with Crippen molar-refractivity contribution in [3.63, 3.8) is 0 Å². The van der Waals surface area contributed by atoms with Crippen molar-refractivity contribution in [2.24, 2.45) is 0 Å². The lowest BCUT2D eigenvalue weighted by molar-refractivity contribution is -0.727. The predicted octanol–water partition coefficient (Wildman–Crippen LogP) is 12.5. The number of imidazole rings is 1. The van der Waals surface area contributed by atoms with Crippen LogP contribution in [0.2, 0.25) is 0 Å². The van der Waals surface area contributed by atoms with E-state index in [9.17, 15) is 0 Å². The number of unbranched alkanes of at least 4 members (excludes halogenated alkanes) is 21. The van der Waals surface area contributed by atoms with Gasteiger partial charge in [-0.05, 0) is 32.6 Å². The molecular weight excluding hydrogens is 460 g/mol. The van der Waals surface area contributed by atoms with E-state index < -0.39 is 0 Å². The molecule has 224 valence electrons. The van der Waals surface area contributed by atoms with Gasteiger partial charge in [-0.25, -0.2) is 9.55 Å². The summed E-state index contributed by atoms with van der Waals surface area (Å²) in [4.78, 5) is 3.72. The maximum atomic E-state index is 3.72. The first-order chi connectivity index (χ1) is 18.7. The molecule has 0 aliphatic carbocycles. The first kappa shape index (κ1) is 35.2. The van der Waals surface area contributed by atoms with Gasteiger partial charge in [0.1, 0.15) is 12.4 Å². The Morgan fingerprint density at radius 1 is 0.500 bits per heavy atom. The summed E-state index contributed by atoms with van der Waals surface area (Å²) in [5, 5.41) is 0. The van der Waals surface area contributed by atoms with E-state index in [1.807, 2.05) is 0 Å². The lowest BCUT2D eigenvalue weighted by Gasteiger charge is -2.17. The summed E-state index contributed by atoms with van der Waals surface area (Å²) in [5.74, 6) is 2.24. The van der Waals surface area contributed by atoms with Gasteiger partial charge in [0.15, 0.2) is 0 Å². The number of hydrogen-bond acceptors (Lipinski definition) is 0. The molecule has 2 nitrogen and oxygen atoms in total. The number of rotatable bonds is 29. The molecule has 1 aromatic rings. The molecule has 1 aromatic heterocycles.